The summed E-state index contributed by atoms with van der Waals surface area (Å²) in [6.45, 7) is 1.10. The Labute approximate surface area is 126 Å². The number of aromatic nitrogens is 1. The number of carbonyl (C=O) groups is 1. The zero-order chi connectivity index (χ0) is 15.1. The lowest BCUT2D eigenvalue weighted by Crippen LogP contribution is -2.38. The summed E-state index contributed by atoms with van der Waals surface area (Å²) < 4.78 is 5.08. The number of nitrogens with two attached hydrogens (primary N) is 1. The molecule has 0 atom stereocenters. The molecule has 1 aromatic rings. The summed E-state index contributed by atoms with van der Waals surface area (Å²) in [5.41, 5.74) is 6.93. The van der Waals surface area contributed by atoms with Crippen molar-refractivity contribution in [3.05, 3.63) is 23.9 Å². The van der Waals surface area contributed by atoms with E-state index in [4.69, 9.17) is 10.5 Å². The first-order valence-electron chi connectivity index (χ1n) is 7.63. The average molecular weight is 291 g/mol. The fourth-order valence-corrected chi connectivity index (χ4v) is 3.03. The Morgan fingerprint density at radius 2 is 2.19 bits per heavy atom. The molecule has 1 aliphatic carbocycles. The molecule has 1 heterocycles. The number of hydrogen-bond acceptors (Lipinski definition) is 4. The Morgan fingerprint density at radius 1 is 1.43 bits per heavy atom. The predicted molar refractivity (Wildman–Crippen MR) is 81.8 cm³/mol. The molecular weight excluding hydrogens is 266 g/mol. The third-order valence-electron chi connectivity index (χ3n) is 4.38. The van der Waals surface area contributed by atoms with E-state index in [1.54, 1.807) is 13.3 Å². The second kappa shape index (κ2) is 7.41. The van der Waals surface area contributed by atoms with Gasteiger partial charge >= 0.3 is 0 Å². The first-order chi connectivity index (χ1) is 10.2. The van der Waals surface area contributed by atoms with E-state index in [0.717, 1.165) is 18.4 Å². The molecule has 5 nitrogen and oxygen atoms in total. The van der Waals surface area contributed by atoms with Crippen molar-refractivity contribution in [3.8, 4) is 5.88 Å². The summed E-state index contributed by atoms with van der Waals surface area (Å²) >= 11 is 0. The Morgan fingerprint density at radius 3 is 2.86 bits per heavy atom. The summed E-state index contributed by atoms with van der Waals surface area (Å²) in [5.74, 6) is 0.644. The van der Waals surface area contributed by atoms with E-state index >= 15 is 0 Å². The minimum Gasteiger partial charge on any atom is -0.481 e. The van der Waals surface area contributed by atoms with E-state index in [-0.39, 0.29) is 11.3 Å². The largest absolute Gasteiger partial charge is 0.481 e. The summed E-state index contributed by atoms with van der Waals surface area (Å²) in [4.78, 5) is 16.2. The van der Waals surface area contributed by atoms with Crippen molar-refractivity contribution in [2.24, 2.45) is 11.1 Å². The van der Waals surface area contributed by atoms with Gasteiger partial charge in [0.25, 0.3) is 0 Å². The maximum atomic E-state index is 12.2. The number of nitrogens with zero attached hydrogens (tertiary/aromatic N) is 1. The smallest absolute Gasteiger partial charge is 0.220 e. The summed E-state index contributed by atoms with van der Waals surface area (Å²) in [6.07, 6.45) is 7.99. The van der Waals surface area contributed by atoms with Gasteiger partial charge in [0.1, 0.15) is 0 Å². The normalized spacial score (nSPS) is 17.2. The van der Waals surface area contributed by atoms with Crippen LogP contribution in [-0.2, 0) is 11.3 Å². The molecule has 0 aliphatic heterocycles. The van der Waals surface area contributed by atoms with Gasteiger partial charge in [-0.2, -0.15) is 0 Å². The van der Waals surface area contributed by atoms with Crippen LogP contribution in [0.4, 0.5) is 0 Å². The molecule has 116 valence electrons. The SMILES string of the molecule is COc1cc(CNC(=O)CC2(CN)CCCCC2)ccn1. The zero-order valence-electron chi connectivity index (χ0n) is 12.7. The third kappa shape index (κ3) is 4.43. The van der Waals surface area contributed by atoms with Crippen molar-refractivity contribution in [1.29, 1.82) is 0 Å². The summed E-state index contributed by atoms with van der Waals surface area (Å²) in [5, 5.41) is 2.98. The van der Waals surface area contributed by atoms with Gasteiger partial charge < -0.3 is 15.8 Å². The number of rotatable bonds is 6. The minimum atomic E-state index is 0.0122. The maximum Gasteiger partial charge on any atom is 0.220 e. The van der Waals surface area contributed by atoms with Gasteiger partial charge in [0.2, 0.25) is 11.8 Å². The van der Waals surface area contributed by atoms with Gasteiger partial charge in [-0.3, -0.25) is 4.79 Å². The summed E-state index contributed by atoms with van der Waals surface area (Å²) in [6, 6.07) is 3.71. The minimum absolute atomic E-state index is 0.0122. The molecule has 5 heteroatoms. The zero-order valence-corrected chi connectivity index (χ0v) is 12.7. The molecule has 1 fully saturated rings. The van der Waals surface area contributed by atoms with Crippen LogP contribution in [-0.4, -0.2) is 24.5 Å². The first-order valence-corrected chi connectivity index (χ1v) is 7.63. The van der Waals surface area contributed by atoms with Crippen LogP contribution in [0.5, 0.6) is 5.88 Å². The lowest BCUT2D eigenvalue weighted by Gasteiger charge is -2.35. The first kappa shape index (κ1) is 15.8. The second-order valence-corrected chi connectivity index (χ2v) is 5.92. The highest BCUT2D eigenvalue weighted by Gasteiger charge is 2.32. The molecule has 0 aromatic carbocycles. The highest BCUT2D eigenvalue weighted by molar-refractivity contribution is 5.76. The van der Waals surface area contributed by atoms with Crippen molar-refractivity contribution in [2.45, 2.75) is 45.1 Å². The molecular formula is C16H25N3O2. The maximum absolute atomic E-state index is 12.2. The van der Waals surface area contributed by atoms with Crippen LogP contribution in [0.25, 0.3) is 0 Å². The van der Waals surface area contributed by atoms with Crippen LogP contribution in [0.2, 0.25) is 0 Å². The number of nitrogens with one attached hydrogen (secondary N) is 1. The standard InChI is InChI=1S/C16H25N3O2/c1-21-15-9-13(5-8-18-15)11-19-14(20)10-16(12-17)6-3-2-4-7-16/h5,8-9H,2-4,6-7,10-12,17H2,1H3,(H,19,20). The van der Waals surface area contributed by atoms with Crippen molar-refractivity contribution in [2.75, 3.05) is 13.7 Å². The molecule has 1 aliphatic rings. The van der Waals surface area contributed by atoms with E-state index in [0.29, 0.717) is 25.4 Å². The van der Waals surface area contributed by atoms with Gasteiger partial charge in [-0.1, -0.05) is 19.3 Å². The molecule has 21 heavy (non-hydrogen) atoms. The molecule has 0 bridgehead atoms. The molecule has 3 N–H and O–H groups in total. The Balaban J connectivity index is 1.86. The van der Waals surface area contributed by atoms with Crippen LogP contribution >= 0.6 is 0 Å². The van der Waals surface area contributed by atoms with Gasteiger partial charge in [-0.15, -0.1) is 0 Å². The molecule has 0 spiro atoms. The molecule has 1 saturated carbocycles. The fraction of sp³-hybridized carbons (Fsp3) is 0.625. The predicted octanol–water partition coefficient (Wildman–Crippen LogP) is 2.01. The van der Waals surface area contributed by atoms with E-state index in [1.807, 2.05) is 12.1 Å². The fourth-order valence-electron chi connectivity index (χ4n) is 3.03. The van der Waals surface area contributed by atoms with Gasteiger partial charge in [0.15, 0.2) is 0 Å². The summed E-state index contributed by atoms with van der Waals surface area (Å²) in [7, 11) is 1.58. The van der Waals surface area contributed by atoms with E-state index in [1.165, 1.54) is 19.3 Å². The Kier molecular flexibility index (Phi) is 5.56. The number of pyridine rings is 1. The molecule has 1 amide bonds. The number of ether oxygens (including phenoxy) is 1. The number of methoxy groups -OCH3 is 1. The lowest BCUT2D eigenvalue weighted by atomic mass is 9.71. The quantitative estimate of drug-likeness (QED) is 0.840. The van der Waals surface area contributed by atoms with Gasteiger partial charge in [-0.05, 0) is 36.4 Å². The number of carbonyl (C=O) groups excluding carboxylic acids is 1. The van der Waals surface area contributed by atoms with Crippen molar-refractivity contribution < 1.29 is 9.53 Å². The molecule has 0 saturated heterocycles. The second-order valence-electron chi connectivity index (χ2n) is 5.92. The van der Waals surface area contributed by atoms with Crippen molar-refractivity contribution in [3.63, 3.8) is 0 Å². The third-order valence-corrected chi connectivity index (χ3v) is 4.38. The van der Waals surface area contributed by atoms with Crippen molar-refractivity contribution in [1.82, 2.24) is 10.3 Å². The van der Waals surface area contributed by atoms with Gasteiger partial charge in [0.05, 0.1) is 7.11 Å². The molecule has 2 rings (SSSR count). The van der Waals surface area contributed by atoms with Crippen LogP contribution in [0.15, 0.2) is 18.3 Å². The average Bonchev–Trinajstić information content (AvgIpc) is 2.54. The topological polar surface area (TPSA) is 77.2 Å². The monoisotopic (exact) mass is 291 g/mol. The number of amides is 1. The van der Waals surface area contributed by atoms with Crippen molar-refractivity contribution >= 4 is 5.91 Å². The molecule has 0 unspecified atom stereocenters. The highest BCUT2D eigenvalue weighted by Crippen LogP contribution is 2.38. The Hall–Kier alpha value is -1.62. The van der Waals surface area contributed by atoms with E-state index in [9.17, 15) is 4.79 Å². The van der Waals surface area contributed by atoms with E-state index < -0.39 is 0 Å². The van der Waals surface area contributed by atoms with E-state index in [2.05, 4.69) is 10.3 Å². The molecule has 1 aromatic heterocycles. The Bertz CT molecular complexity index is 470. The highest BCUT2D eigenvalue weighted by atomic mass is 16.5. The lowest BCUT2D eigenvalue weighted by molar-refractivity contribution is -0.124. The van der Waals surface area contributed by atoms with Crippen LogP contribution < -0.4 is 15.8 Å². The van der Waals surface area contributed by atoms with Crippen LogP contribution in [0.3, 0.4) is 0 Å². The van der Waals surface area contributed by atoms with Crippen LogP contribution in [0, 0.1) is 5.41 Å². The molecule has 0 radical (unpaired) electrons. The number of hydrogen-bond donors (Lipinski definition) is 2. The van der Waals surface area contributed by atoms with Crippen LogP contribution in [0.1, 0.15) is 44.1 Å². The van der Waals surface area contributed by atoms with Gasteiger partial charge in [0, 0.05) is 25.2 Å². The van der Waals surface area contributed by atoms with Gasteiger partial charge in [-0.25, -0.2) is 4.98 Å².